The zero-order valence-corrected chi connectivity index (χ0v) is 11.3. The van der Waals surface area contributed by atoms with Crippen molar-refractivity contribution in [3.63, 3.8) is 0 Å². The summed E-state index contributed by atoms with van der Waals surface area (Å²) in [4.78, 5) is 8.63. The number of para-hydroxylation sites is 1. The highest BCUT2D eigenvalue weighted by Gasteiger charge is 2.12. The Morgan fingerprint density at radius 1 is 1.15 bits per heavy atom. The molecular weight excluding hydrogens is 248 g/mol. The van der Waals surface area contributed by atoms with Crippen molar-refractivity contribution < 1.29 is 5.11 Å². The Bertz CT molecular complexity index is 725. The Morgan fingerprint density at radius 2 is 2.00 bits per heavy atom. The molecule has 20 heavy (non-hydrogen) atoms. The van der Waals surface area contributed by atoms with Crippen molar-refractivity contribution in [1.82, 2.24) is 9.97 Å². The van der Waals surface area contributed by atoms with Gasteiger partial charge in [0.15, 0.2) is 0 Å². The number of pyridine rings is 2. The summed E-state index contributed by atoms with van der Waals surface area (Å²) in [5.41, 5.74) is 3.78. The van der Waals surface area contributed by atoms with E-state index in [1.165, 1.54) is 0 Å². The third kappa shape index (κ3) is 2.53. The van der Waals surface area contributed by atoms with Crippen molar-refractivity contribution in [2.24, 2.45) is 0 Å². The van der Waals surface area contributed by atoms with E-state index in [0.717, 1.165) is 22.0 Å². The van der Waals surface area contributed by atoms with Crippen molar-refractivity contribution in [2.75, 3.05) is 0 Å². The van der Waals surface area contributed by atoms with Crippen molar-refractivity contribution in [2.45, 2.75) is 19.4 Å². The fourth-order valence-electron chi connectivity index (χ4n) is 2.39. The van der Waals surface area contributed by atoms with Crippen LogP contribution in [0.25, 0.3) is 10.9 Å². The smallest absolute Gasteiger partial charge is 0.100 e. The Balaban J connectivity index is 1.93. The Morgan fingerprint density at radius 3 is 2.80 bits per heavy atom. The van der Waals surface area contributed by atoms with E-state index in [0.29, 0.717) is 12.1 Å². The number of hydrogen-bond donors (Lipinski definition) is 1. The molecule has 0 aliphatic rings. The zero-order chi connectivity index (χ0) is 13.9. The van der Waals surface area contributed by atoms with Crippen LogP contribution >= 0.6 is 0 Å². The van der Waals surface area contributed by atoms with Crippen LogP contribution in [-0.2, 0) is 6.42 Å². The average Bonchev–Trinajstić information content (AvgIpc) is 2.48. The number of hydrogen-bond acceptors (Lipinski definition) is 3. The van der Waals surface area contributed by atoms with Crippen LogP contribution in [0.15, 0.2) is 54.9 Å². The molecule has 3 nitrogen and oxygen atoms in total. The number of rotatable bonds is 3. The molecule has 3 aromatic rings. The number of nitrogens with zero attached hydrogens (tertiary/aromatic N) is 2. The van der Waals surface area contributed by atoms with E-state index in [1.807, 2.05) is 43.3 Å². The first-order chi connectivity index (χ1) is 9.74. The molecule has 100 valence electrons. The molecule has 2 heterocycles. The highest BCUT2D eigenvalue weighted by Crippen LogP contribution is 2.22. The number of benzene rings is 1. The van der Waals surface area contributed by atoms with Crippen LogP contribution in [-0.4, -0.2) is 15.1 Å². The molecule has 2 aromatic heterocycles. The van der Waals surface area contributed by atoms with Crippen molar-refractivity contribution in [3.8, 4) is 0 Å². The monoisotopic (exact) mass is 264 g/mol. The molecule has 3 heteroatoms. The van der Waals surface area contributed by atoms with Gasteiger partial charge in [-0.1, -0.05) is 24.3 Å². The molecule has 1 aromatic carbocycles. The van der Waals surface area contributed by atoms with Crippen LogP contribution in [0.1, 0.15) is 22.9 Å². The fourth-order valence-corrected chi connectivity index (χ4v) is 2.39. The number of aromatic nitrogens is 2. The van der Waals surface area contributed by atoms with Gasteiger partial charge >= 0.3 is 0 Å². The van der Waals surface area contributed by atoms with Gasteiger partial charge in [0.1, 0.15) is 6.10 Å². The second-order valence-corrected chi connectivity index (χ2v) is 4.96. The lowest BCUT2D eigenvalue weighted by atomic mass is 10.0. The molecule has 3 rings (SSSR count). The van der Waals surface area contributed by atoms with E-state index in [1.54, 1.807) is 12.4 Å². The predicted octanol–water partition coefficient (Wildman–Crippen LogP) is 3.21. The molecule has 0 aliphatic heterocycles. The molecule has 1 atom stereocenters. The van der Waals surface area contributed by atoms with E-state index in [-0.39, 0.29) is 0 Å². The van der Waals surface area contributed by atoms with E-state index in [2.05, 4.69) is 16.0 Å². The van der Waals surface area contributed by atoms with E-state index >= 15 is 0 Å². The third-order valence-electron chi connectivity index (χ3n) is 3.44. The SMILES string of the molecule is Cc1cc(C(O)Cc2cccnc2)nc2ccccc12. The lowest BCUT2D eigenvalue weighted by Gasteiger charge is -2.12. The van der Waals surface area contributed by atoms with Gasteiger partial charge in [0, 0.05) is 24.2 Å². The van der Waals surface area contributed by atoms with Gasteiger partial charge in [-0.25, -0.2) is 0 Å². The highest BCUT2D eigenvalue weighted by molar-refractivity contribution is 5.82. The Kier molecular flexibility index (Phi) is 3.44. The van der Waals surface area contributed by atoms with Crippen molar-refractivity contribution in [3.05, 3.63) is 71.7 Å². The third-order valence-corrected chi connectivity index (χ3v) is 3.44. The minimum Gasteiger partial charge on any atom is -0.386 e. The Hall–Kier alpha value is -2.26. The lowest BCUT2D eigenvalue weighted by molar-refractivity contribution is 0.174. The molecule has 0 aliphatic carbocycles. The second-order valence-electron chi connectivity index (χ2n) is 4.96. The maximum absolute atomic E-state index is 10.4. The predicted molar refractivity (Wildman–Crippen MR) is 79.4 cm³/mol. The summed E-state index contributed by atoms with van der Waals surface area (Å²) in [6.45, 7) is 2.05. The molecular formula is C17H16N2O. The van der Waals surface area contributed by atoms with Crippen LogP contribution in [0.5, 0.6) is 0 Å². The second kappa shape index (κ2) is 5.39. The van der Waals surface area contributed by atoms with Gasteiger partial charge in [-0.3, -0.25) is 9.97 Å². The first kappa shape index (κ1) is 12.8. The van der Waals surface area contributed by atoms with Gasteiger partial charge in [0.05, 0.1) is 11.2 Å². The largest absolute Gasteiger partial charge is 0.386 e. The van der Waals surface area contributed by atoms with Gasteiger partial charge in [0.25, 0.3) is 0 Å². The summed E-state index contributed by atoms with van der Waals surface area (Å²) in [5, 5.41) is 11.5. The summed E-state index contributed by atoms with van der Waals surface area (Å²) in [7, 11) is 0. The first-order valence-electron chi connectivity index (χ1n) is 6.67. The molecule has 1 unspecified atom stereocenters. The van der Waals surface area contributed by atoms with Gasteiger partial charge in [-0.05, 0) is 36.2 Å². The van der Waals surface area contributed by atoms with Gasteiger partial charge in [-0.2, -0.15) is 0 Å². The lowest BCUT2D eigenvalue weighted by Crippen LogP contribution is -2.05. The van der Waals surface area contributed by atoms with Crippen LogP contribution in [0, 0.1) is 6.92 Å². The van der Waals surface area contributed by atoms with E-state index in [9.17, 15) is 5.11 Å². The minimum absolute atomic E-state index is 0.526. The number of fused-ring (bicyclic) bond motifs is 1. The van der Waals surface area contributed by atoms with Gasteiger partial charge in [0.2, 0.25) is 0 Å². The topological polar surface area (TPSA) is 46.0 Å². The summed E-state index contributed by atoms with van der Waals surface area (Å²) in [6.07, 6.45) is 3.42. The van der Waals surface area contributed by atoms with E-state index < -0.39 is 6.10 Å². The molecule has 0 amide bonds. The average molecular weight is 264 g/mol. The van der Waals surface area contributed by atoms with Crippen molar-refractivity contribution >= 4 is 10.9 Å². The highest BCUT2D eigenvalue weighted by atomic mass is 16.3. The summed E-state index contributed by atoms with van der Waals surface area (Å²) >= 11 is 0. The molecule has 0 spiro atoms. The summed E-state index contributed by atoms with van der Waals surface area (Å²) < 4.78 is 0. The maximum Gasteiger partial charge on any atom is 0.100 e. The summed E-state index contributed by atoms with van der Waals surface area (Å²) in [5.74, 6) is 0. The van der Waals surface area contributed by atoms with Crippen LogP contribution in [0.2, 0.25) is 0 Å². The number of aliphatic hydroxyl groups is 1. The van der Waals surface area contributed by atoms with Gasteiger partial charge < -0.3 is 5.11 Å². The van der Waals surface area contributed by atoms with Gasteiger partial charge in [-0.15, -0.1) is 0 Å². The normalized spacial score (nSPS) is 12.5. The standard InChI is InChI=1S/C17H16N2O/c1-12-9-16(19-15-7-3-2-6-14(12)15)17(20)10-13-5-4-8-18-11-13/h2-9,11,17,20H,10H2,1H3. The minimum atomic E-state index is -0.609. The maximum atomic E-state index is 10.4. The van der Waals surface area contributed by atoms with Crippen LogP contribution in [0.3, 0.4) is 0 Å². The number of aliphatic hydroxyl groups excluding tert-OH is 1. The number of aryl methyl sites for hydroxylation is 1. The van der Waals surface area contributed by atoms with Crippen LogP contribution in [0.4, 0.5) is 0 Å². The van der Waals surface area contributed by atoms with Crippen molar-refractivity contribution in [1.29, 1.82) is 0 Å². The molecule has 0 radical (unpaired) electrons. The molecule has 1 N–H and O–H groups in total. The van der Waals surface area contributed by atoms with Crippen LogP contribution < -0.4 is 0 Å². The summed E-state index contributed by atoms with van der Waals surface area (Å²) in [6, 6.07) is 13.8. The first-order valence-corrected chi connectivity index (χ1v) is 6.67. The Labute approximate surface area is 117 Å². The molecule has 0 bridgehead atoms. The zero-order valence-electron chi connectivity index (χ0n) is 11.3. The quantitative estimate of drug-likeness (QED) is 0.790. The molecule has 0 saturated heterocycles. The molecule has 0 saturated carbocycles. The fraction of sp³-hybridized carbons (Fsp3) is 0.176. The molecule has 0 fully saturated rings. The van der Waals surface area contributed by atoms with E-state index in [4.69, 9.17) is 0 Å².